The molecule has 1 atom stereocenters. The highest BCUT2D eigenvalue weighted by molar-refractivity contribution is 7.89. The largest absolute Gasteiger partial charge is 0.434 e. The van der Waals surface area contributed by atoms with Crippen molar-refractivity contribution < 1.29 is 45.4 Å². The molecule has 0 aliphatic carbocycles. The van der Waals surface area contributed by atoms with Gasteiger partial charge in [-0.2, -0.15) is 17.5 Å². The first-order valence-electron chi connectivity index (χ1n) is 9.50. The average Bonchev–Trinajstić information content (AvgIpc) is 2.71. The van der Waals surface area contributed by atoms with E-state index in [1.165, 1.54) is 16.4 Å². The van der Waals surface area contributed by atoms with Crippen LogP contribution in [0.2, 0.25) is 0 Å². The van der Waals surface area contributed by atoms with Crippen molar-refractivity contribution >= 4 is 16.1 Å². The number of carbonyl (C=O) groups is 1. The highest BCUT2D eigenvalue weighted by Gasteiger charge is 2.46. The van der Waals surface area contributed by atoms with Crippen LogP contribution < -0.4 is 0 Å². The maximum Gasteiger partial charge on any atom is 0.427 e. The first kappa shape index (κ1) is 23.7. The number of aliphatic hydroxyl groups is 1. The van der Waals surface area contributed by atoms with Gasteiger partial charge in [-0.3, -0.25) is 0 Å². The van der Waals surface area contributed by atoms with Gasteiger partial charge in [0, 0.05) is 26.2 Å². The van der Waals surface area contributed by atoms with Crippen molar-refractivity contribution in [1.82, 2.24) is 9.21 Å². The molecule has 0 saturated carbocycles. The maximum atomic E-state index is 13.5. The van der Waals surface area contributed by atoms with E-state index >= 15 is 0 Å². The monoisotopic (exact) mass is 470 g/mol. The van der Waals surface area contributed by atoms with E-state index < -0.39 is 46.4 Å². The topological polar surface area (TPSA) is 96.4 Å². The molecule has 1 spiro atoms. The predicted octanol–water partition coefficient (Wildman–Crippen LogP) is 1.74. The van der Waals surface area contributed by atoms with Gasteiger partial charge in [-0.05, 0) is 31.0 Å². The SMILES string of the molecule is O=C(O[C@H](CO)C(F)(F)F)N1CCC2(CC1)CN(S(=O)(=O)c1cccc(F)c1)CCO2. The third kappa shape index (κ3) is 5.27. The molecule has 13 heteroatoms. The van der Waals surface area contributed by atoms with Gasteiger partial charge < -0.3 is 19.5 Å². The van der Waals surface area contributed by atoms with E-state index in [0.29, 0.717) is 0 Å². The number of alkyl halides is 3. The minimum Gasteiger partial charge on any atom is -0.434 e. The molecule has 2 saturated heterocycles. The smallest absolute Gasteiger partial charge is 0.427 e. The van der Waals surface area contributed by atoms with Gasteiger partial charge in [0.2, 0.25) is 16.1 Å². The van der Waals surface area contributed by atoms with E-state index in [2.05, 4.69) is 4.74 Å². The van der Waals surface area contributed by atoms with Crippen LogP contribution in [-0.4, -0.2) is 86.1 Å². The molecule has 0 aromatic heterocycles. The number of benzene rings is 1. The van der Waals surface area contributed by atoms with Gasteiger partial charge in [0.15, 0.2) is 0 Å². The molecule has 31 heavy (non-hydrogen) atoms. The number of ether oxygens (including phenoxy) is 2. The molecule has 2 heterocycles. The van der Waals surface area contributed by atoms with Crippen molar-refractivity contribution in [2.45, 2.75) is 35.6 Å². The number of carbonyl (C=O) groups excluding carboxylic acids is 1. The molecule has 1 aromatic carbocycles. The molecule has 0 bridgehead atoms. The molecule has 174 valence electrons. The van der Waals surface area contributed by atoms with Crippen LogP contribution >= 0.6 is 0 Å². The standard InChI is InChI=1S/C18H22F4N2O6S/c19-13-2-1-3-14(10-13)31(27,28)24-8-9-29-17(12-24)4-6-23(7-5-17)16(26)30-15(11-25)18(20,21)22/h1-3,10,15,25H,4-9,11-12H2/t15-/m1/s1. The molecule has 2 aliphatic heterocycles. The summed E-state index contributed by atoms with van der Waals surface area (Å²) in [4.78, 5) is 12.9. The van der Waals surface area contributed by atoms with Crippen molar-refractivity contribution in [3.05, 3.63) is 30.1 Å². The van der Waals surface area contributed by atoms with Crippen LogP contribution in [0.1, 0.15) is 12.8 Å². The van der Waals surface area contributed by atoms with Crippen LogP contribution in [0.25, 0.3) is 0 Å². The number of halogens is 4. The molecule has 1 amide bonds. The fraction of sp³-hybridized carbons (Fsp3) is 0.611. The summed E-state index contributed by atoms with van der Waals surface area (Å²) in [6.45, 7) is -1.29. The molecule has 1 N–H and O–H groups in total. The van der Waals surface area contributed by atoms with E-state index in [1.807, 2.05) is 0 Å². The Morgan fingerprint density at radius 3 is 2.52 bits per heavy atom. The van der Waals surface area contributed by atoms with Gasteiger partial charge in [-0.15, -0.1) is 0 Å². The summed E-state index contributed by atoms with van der Waals surface area (Å²) in [5.41, 5.74) is -0.921. The summed E-state index contributed by atoms with van der Waals surface area (Å²) in [5, 5.41) is 8.80. The maximum absolute atomic E-state index is 13.5. The lowest BCUT2D eigenvalue weighted by molar-refractivity contribution is -0.215. The Bertz CT molecular complexity index is 903. The van der Waals surface area contributed by atoms with Crippen LogP contribution in [-0.2, 0) is 19.5 Å². The zero-order valence-electron chi connectivity index (χ0n) is 16.3. The fourth-order valence-corrected chi connectivity index (χ4v) is 5.13. The summed E-state index contributed by atoms with van der Waals surface area (Å²) in [6.07, 6.45) is -8.38. The van der Waals surface area contributed by atoms with Gasteiger partial charge in [0.1, 0.15) is 5.82 Å². The van der Waals surface area contributed by atoms with Crippen molar-refractivity contribution in [1.29, 1.82) is 0 Å². The number of hydrogen-bond donors (Lipinski definition) is 1. The lowest BCUT2D eigenvalue weighted by Gasteiger charge is -2.46. The summed E-state index contributed by atoms with van der Waals surface area (Å²) >= 11 is 0. The van der Waals surface area contributed by atoms with Gasteiger partial charge in [-0.1, -0.05) is 6.07 Å². The Morgan fingerprint density at radius 2 is 1.94 bits per heavy atom. The summed E-state index contributed by atoms with van der Waals surface area (Å²) in [7, 11) is -3.97. The van der Waals surface area contributed by atoms with Crippen LogP contribution in [0.15, 0.2) is 29.2 Å². The Morgan fingerprint density at radius 1 is 1.26 bits per heavy atom. The second-order valence-electron chi connectivity index (χ2n) is 7.41. The highest BCUT2D eigenvalue weighted by atomic mass is 32.2. The van der Waals surface area contributed by atoms with E-state index in [4.69, 9.17) is 9.84 Å². The molecule has 0 radical (unpaired) electrons. The molecule has 0 unspecified atom stereocenters. The third-order valence-corrected chi connectivity index (χ3v) is 7.20. The van der Waals surface area contributed by atoms with Gasteiger partial charge in [0.05, 0.1) is 23.7 Å². The summed E-state index contributed by atoms with van der Waals surface area (Å²) in [5.74, 6) is -0.684. The quantitative estimate of drug-likeness (QED) is 0.674. The number of aliphatic hydroxyl groups excluding tert-OH is 1. The fourth-order valence-electron chi connectivity index (χ4n) is 3.59. The van der Waals surface area contributed by atoms with Crippen molar-refractivity contribution in [3.8, 4) is 0 Å². The lowest BCUT2D eigenvalue weighted by atomic mass is 9.90. The number of sulfonamides is 1. The molecule has 1 aromatic rings. The van der Waals surface area contributed by atoms with E-state index in [-0.39, 0.29) is 50.5 Å². The van der Waals surface area contributed by atoms with Crippen LogP contribution in [0, 0.1) is 5.82 Å². The van der Waals surface area contributed by atoms with Crippen molar-refractivity contribution in [3.63, 3.8) is 0 Å². The van der Waals surface area contributed by atoms with E-state index in [9.17, 15) is 30.8 Å². The predicted molar refractivity (Wildman–Crippen MR) is 98.1 cm³/mol. The van der Waals surface area contributed by atoms with E-state index in [1.54, 1.807) is 0 Å². The second-order valence-corrected chi connectivity index (χ2v) is 9.35. The molecule has 2 fully saturated rings. The average molecular weight is 470 g/mol. The number of hydrogen-bond acceptors (Lipinski definition) is 6. The highest BCUT2D eigenvalue weighted by Crippen LogP contribution is 2.33. The van der Waals surface area contributed by atoms with Crippen LogP contribution in [0.3, 0.4) is 0 Å². The number of nitrogens with zero attached hydrogens (tertiary/aromatic N) is 2. The van der Waals surface area contributed by atoms with Crippen molar-refractivity contribution in [2.75, 3.05) is 39.4 Å². The Kier molecular flexibility index (Phi) is 6.79. The summed E-state index contributed by atoms with van der Waals surface area (Å²) in [6, 6.07) is 4.64. The number of piperidine rings is 1. The molecule has 3 rings (SSSR count). The van der Waals surface area contributed by atoms with E-state index in [0.717, 1.165) is 17.0 Å². The first-order valence-corrected chi connectivity index (χ1v) is 10.9. The summed E-state index contributed by atoms with van der Waals surface area (Å²) < 4.78 is 88.6. The Hall–Kier alpha value is -1.96. The lowest BCUT2D eigenvalue weighted by Crippen LogP contribution is -2.58. The number of morpholine rings is 1. The molecular weight excluding hydrogens is 448 g/mol. The zero-order valence-corrected chi connectivity index (χ0v) is 17.2. The number of likely N-dealkylation sites (tertiary alicyclic amines) is 1. The number of rotatable bonds is 4. The molecular formula is C18H22F4N2O6S. The van der Waals surface area contributed by atoms with Crippen LogP contribution in [0.4, 0.5) is 22.4 Å². The normalized spacial score (nSPS) is 21.1. The van der Waals surface area contributed by atoms with Crippen molar-refractivity contribution in [2.24, 2.45) is 0 Å². The zero-order chi connectivity index (χ0) is 22.9. The first-order chi connectivity index (χ1) is 14.5. The Labute approximate surface area is 176 Å². The minimum absolute atomic E-state index is 0.0112. The molecule has 8 nitrogen and oxygen atoms in total. The van der Waals surface area contributed by atoms with Crippen LogP contribution in [0.5, 0.6) is 0 Å². The van der Waals surface area contributed by atoms with Gasteiger partial charge in [0.25, 0.3) is 0 Å². The minimum atomic E-state index is -4.89. The number of amides is 1. The second kappa shape index (κ2) is 8.88. The van der Waals surface area contributed by atoms with Gasteiger partial charge >= 0.3 is 12.3 Å². The Balaban J connectivity index is 1.64. The van der Waals surface area contributed by atoms with Gasteiger partial charge in [-0.25, -0.2) is 17.6 Å². The molecule has 2 aliphatic rings. The third-order valence-electron chi connectivity index (χ3n) is 5.35.